The fraction of sp³-hybridized carbons (Fsp3) is 0.200. The van der Waals surface area contributed by atoms with Gasteiger partial charge in [0.1, 0.15) is 0 Å². The van der Waals surface area contributed by atoms with Gasteiger partial charge >= 0.3 is 5.97 Å². The van der Waals surface area contributed by atoms with Crippen molar-refractivity contribution in [1.82, 2.24) is 0 Å². The Morgan fingerprint density at radius 2 is 1.61 bits per heavy atom. The Labute approximate surface area is 136 Å². The Bertz CT molecular complexity index is 747. The molecule has 2 aromatic rings. The third kappa shape index (κ3) is 4.39. The number of aromatic carboxylic acids is 1. The standard InChI is InChI=1S/C20H20O3/c1-20(2,3)17-6-4-5-16(13-17)18(21)12-9-14-7-10-15(11-8-14)19(22)23/h4-13H,1-3H3,(H,22,23)/b12-9+. The van der Waals surface area contributed by atoms with Crippen LogP contribution in [0.3, 0.4) is 0 Å². The van der Waals surface area contributed by atoms with Crippen LogP contribution < -0.4 is 0 Å². The molecule has 0 spiro atoms. The highest BCUT2D eigenvalue weighted by Crippen LogP contribution is 2.23. The minimum absolute atomic E-state index is 0.00727. The van der Waals surface area contributed by atoms with Crippen LogP contribution in [0.1, 0.15) is 52.6 Å². The molecule has 0 amide bonds. The number of benzene rings is 2. The monoisotopic (exact) mass is 308 g/mol. The summed E-state index contributed by atoms with van der Waals surface area (Å²) < 4.78 is 0. The third-order valence-corrected chi connectivity index (χ3v) is 3.60. The molecule has 0 heterocycles. The molecule has 0 radical (unpaired) electrons. The average Bonchev–Trinajstić information content (AvgIpc) is 2.52. The van der Waals surface area contributed by atoms with Gasteiger partial charge < -0.3 is 5.11 Å². The highest BCUT2D eigenvalue weighted by atomic mass is 16.4. The molecular formula is C20H20O3. The first-order chi connectivity index (χ1) is 10.8. The lowest BCUT2D eigenvalue weighted by atomic mass is 9.86. The van der Waals surface area contributed by atoms with Gasteiger partial charge in [-0.3, -0.25) is 4.79 Å². The molecule has 0 aliphatic carbocycles. The van der Waals surface area contributed by atoms with Crippen molar-refractivity contribution < 1.29 is 14.7 Å². The zero-order valence-electron chi connectivity index (χ0n) is 13.5. The minimum atomic E-state index is -0.962. The number of carbonyl (C=O) groups excluding carboxylic acids is 1. The first-order valence-corrected chi connectivity index (χ1v) is 7.44. The number of hydrogen-bond donors (Lipinski definition) is 1. The number of carbonyl (C=O) groups is 2. The molecule has 1 N–H and O–H groups in total. The van der Waals surface area contributed by atoms with Gasteiger partial charge in [-0.05, 0) is 40.8 Å². The largest absolute Gasteiger partial charge is 0.478 e. The number of allylic oxidation sites excluding steroid dienone is 1. The molecule has 118 valence electrons. The summed E-state index contributed by atoms with van der Waals surface area (Å²) in [5.41, 5.74) is 2.77. The normalized spacial score (nSPS) is 11.6. The molecule has 2 rings (SSSR count). The van der Waals surface area contributed by atoms with E-state index in [1.165, 1.54) is 18.2 Å². The molecule has 0 aromatic heterocycles. The van der Waals surface area contributed by atoms with Crippen LogP contribution in [-0.4, -0.2) is 16.9 Å². The minimum Gasteiger partial charge on any atom is -0.478 e. The summed E-state index contributed by atoms with van der Waals surface area (Å²) in [5.74, 6) is -1.03. The van der Waals surface area contributed by atoms with Crippen LogP contribution in [-0.2, 0) is 5.41 Å². The summed E-state index contributed by atoms with van der Waals surface area (Å²) in [4.78, 5) is 23.1. The number of rotatable bonds is 4. The van der Waals surface area contributed by atoms with Crippen molar-refractivity contribution in [3.05, 3.63) is 76.9 Å². The Balaban J connectivity index is 2.17. The molecule has 0 aliphatic rings. The van der Waals surface area contributed by atoms with E-state index in [2.05, 4.69) is 20.8 Å². The molecular weight excluding hydrogens is 288 g/mol. The predicted octanol–water partition coefficient (Wildman–Crippen LogP) is 4.58. The zero-order chi connectivity index (χ0) is 17.0. The van der Waals surface area contributed by atoms with E-state index in [1.807, 2.05) is 18.2 Å². The molecule has 2 aromatic carbocycles. The van der Waals surface area contributed by atoms with Crippen molar-refractivity contribution in [3.8, 4) is 0 Å². The van der Waals surface area contributed by atoms with E-state index in [-0.39, 0.29) is 16.8 Å². The van der Waals surface area contributed by atoms with Gasteiger partial charge in [-0.2, -0.15) is 0 Å². The Morgan fingerprint density at radius 1 is 0.957 bits per heavy atom. The third-order valence-electron chi connectivity index (χ3n) is 3.60. The summed E-state index contributed by atoms with van der Waals surface area (Å²) in [6.45, 7) is 6.32. The van der Waals surface area contributed by atoms with Crippen LogP contribution in [0.15, 0.2) is 54.6 Å². The average molecular weight is 308 g/mol. The van der Waals surface area contributed by atoms with E-state index < -0.39 is 5.97 Å². The number of carboxylic acids is 1. The van der Waals surface area contributed by atoms with Crippen LogP contribution in [0.4, 0.5) is 0 Å². The Kier molecular flexibility index (Phi) is 4.80. The number of ketones is 1. The van der Waals surface area contributed by atoms with Gasteiger partial charge in [0.2, 0.25) is 0 Å². The van der Waals surface area contributed by atoms with E-state index in [9.17, 15) is 9.59 Å². The van der Waals surface area contributed by atoms with Crippen molar-refractivity contribution in [1.29, 1.82) is 0 Å². The molecule has 23 heavy (non-hydrogen) atoms. The highest BCUT2D eigenvalue weighted by Gasteiger charge is 2.14. The Hall–Kier alpha value is -2.68. The van der Waals surface area contributed by atoms with Crippen LogP contribution in [0.25, 0.3) is 6.08 Å². The van der Waals surface area contributed by atoms with Crippen LogP contribution in [0.2, 0.25) is 0 Å². The molecule has 0 atom stereocenters. The summed E-state index contributed by atoms with van der Waals surface area (Å²) in [5, 5.41) is 8.86. The van der Waals surface area contributed by atoms with Crippen molar-refractivity contribution in [3.63, 3.8) is 0 Å². The smallest absolute Gasteiger partial charge is 0.335 e. The lowest BCUT2D eigenvalue weighted by molar-refractivity contribution is 0.0696. The fourth-order valence-electron chi connectivity index (χ4n) is 2.14. The lowest BCUT2D eigenvalue weighted by Crippen LogP contribution is -2.11. The van der Waals surface area contributed by atoms with Crippen molar-refractivity contribution in [2.45, 2.75) is 26.2 Å². The molecule has 0 saturated heterocycles. The second-order valence-corrected chi connectivity index (χ2v) is 6.46. The molecule has 0 bridgehead atoms. The molecule has 0 fully saturated rings. The molecule has 0 unspecified atom stereocenters. The van der Waals surface area contributed by atoms with E-state index in [1.54, 1.807) is 24.3 Å². The summed E-state index contributed by atoms with van der Waals surface area (Å²) >= 11 is 0. The first kappa shape index (κ1) is 16.7. The SMILES string of the molecule is CC(C)(C)c1cccc(C(=O)/C=C/c2ccc(C(=O)O)cc2)c1. The molecule has 0 aliphatic heterocycles. The topological polar surface area (TPSA) is 54.4 Å². The van der Waals surface area contributed by atoms with E-state index in [0.29, 0.717) is 5.56 Å². The van der Waals surface area contributed by atoms with Crippen molar-refractivity contribution in [2.75, 3.05) is 0 Å². The Morgan fingerprint density at radius 3 is 2.17 bits per heavy atom. The van der Waals surface area contributed by atoms with Gasteiger partial charge in [0.05, 0.1) is 5.56 Å². The van der Waals surface area contributed by atoms with Gasteiger partial charge in [0.25, 0.3) is 0 Å². The quantitative estimate of drug-likeness (QED) is 0.664. The van der Waals surface area contributed by atoms with E-state index >= 15 is 0 Å². The number of carboxylic acid groups (broad SMARTS) is 1. The first-order valence-electron chi connectivity index (χ1n) is 7.44. The van der Waals surface area contributed by atoms with Crippen LogP contribution >= 0.6 is 0 Å². The maximum Gasteiger partial charge on any atom is 0.335 e. The predicted molar refractivity (Wildman–Crippen MR) is 91.9 cm³/mol. The molecule has 3 nitrogen and oxygen atoms in total. The fourth-order valence-corrected chi connectivity index (χ4v) is 2.14. The van der Waals surface area contributed by atoms with Gasteiger partial charge in [0, 0.05) is 5.56 Å². The van der Waals surface area contributed by atoms with Gasteiger partial charge in [-0.25, -0.2) is 4.79 Å². The van der Waals surface area contributed by atoms with Gasteiger partial charge in [-0.1, -0.05) is 57.2 Å². The van der Waals surface area contributed by atoms with Crippen LogP contribution in [0, 0.1) is 0 Å². The van der Waals surface area contributed by atoms with Crippen molar-refractivity contribution in [2.24, 2.45) is 0 Å². The lowest BCUT2D eigenvalue weighted by Gasteiger charge is -2.19. The second-order valence-electron chi connectivity index (χ2n) is 6.46. The van der Waals surface area contributed by atoms with Gasteiger partial charge in [-0.15, -0.1) is 0 Å². The zero-order valence-corrected chi connectivity index (χ0v) is 13.5. The van der Waals surface area contributed by atoms with Crippen LogP contribution in [0.5, 0.6) is 0 Å². The summed E-state index contributed by atoms with van der Waals surface area (Å²) in [6.07, 6.45) is 3.20. The summed E-state index contributed by atoms with van der Waals surface area (Å²) in [7, 11) is 0. The maximum absolute atomic E-state index is 12.3. The van der Waals surface area contributed by atoms with E-state index in [4.69, 9.17) is 5.11 Å². The molecule has 3 heteroatoms. The maximum atomic E-state index is 12.3. The van der Waals surface area contributed by atoms with Crippen molar-refractivity contribution >= 4 is 17.8 Å². The van der Waals surface area contributed by atoms with E-state index in [0.717, 1.165) is 11.1 Å². The molecule has 0 saturated carbocycles. The summed E-state index contributed by atoms with van der Waals surface area (Å²) in [6, 6.07) is 14.0. The second kappa shape index (κ2) is 6.61. The van der Waals surface area contributed by atoms with Gasteiger partial charge in [0.15, 0.2) is 5.78 Å². The number of hydrogen-bond acceptors (Lipinski definition) is 2. The highest BCUT2D eigenvalue weighted by molar-refractivity contribution is 6.07.